The molecule has 0 unspecified atom stereocenters. The second kappa shape index (κ2) is 7.20. The molecule has 4 rings (SSSR count). The number of thiophene rings is 1. The van der Waals surface area contributed by atoms with Crippen LogP contribution in [-0.2, 0) is 12.2 Å². The molecule has 126 valence electrons. The zero-order chi connectivity index (χ0) is 17.1. The highest BCUT2D eigenvalue weighted by Crippen LogP contribution is 2.31. The Labute approximate surface area is 152 Å². The Morgan fingerprint density at radius 3 is 2.72 bits per heavy atom. The lowest BCUT2D eigenvalue weighted by molar-refractivity contribution is 0.385. The van der Waals surface area contributed by atoms with Crippen LogP contribution in [0, 0.1) is 0 Å². The molecule has 0 saturated carbocycles. The van der Waals surface area contributed by atoms with E-state index in [1.54, 1.807) is 11.3 Å². The van der Waals surface area contributed by atoms with E-state index in [2.05, 4.69) is 24.9 Å². The first kappa shape index (κ1) is 16.0. The predicted molar refractivity (Wildman–Crippen MR) is 97.9 cm³/mol. The van der Waals surface area contributed by atoms with Gasteiger partial charge in [0.15, 0.2) is 16.8 Å². The molecule has 0 fully saturated rings. The van der Waals surface area contributed by atoms with Crippen LogP contribution in [0.25, 0.3) is 16.4 Å². The molecular formula is C17H15N5OS2. The van der Waals surface area contributed by atoms with Gasteiger partial charge in [-0.1, -0.05) is 48.1 Å². The molecule has 8 heteroatoms. The summed E-state index contributed by atoms with van der Waals surface area (Å²) < 4.78 is 7.33. The summed E-state index contributed by atoms with van der Waals surface area (Å²) in [6, 6.07) is 14.2. The Bertz CT molecular complexity index is 947. The van der Waals surface area contributed by atoms with Gasteiger partial charge in [-0.3, -0.25) is 4.57 Å². The summed E-state index contributed by atoms with van der Waals surface area (Å²) in [6.07, 6.45) is 0.761. The van der Waals surface area contributed by atoms with Gasteiger partial charge in [0.2, 0.25) is 5.89 Å². The molecule has 0 radical (unpaired) electrons. The van der Waals surface area contributed by atoms with E-state index in [4.69, 9.17) is 4.52 Å². The second-order valence-corrected chi connectivity index (χ2v) is 7.09. The number of aryl methyl sites for hydroxylation is 1. The van der Waals surface area contributed by atoms with Gasteiger partial charge in [-0.25, -0.2) is 0 Å². The lowest BCUT2D eigenvalue weighted by Gasteiger charge is -2.08. The number of thioether (sulfide) groups is 1. The topological polar surface area (TPSA) is 69.6 Å². The van der Waals surface area contributed by atoms with Crippen LogP contribution in [0.5, 0.6) is 0 Å². The standard InChI is InChI=1S/C17H15N5OS2/c1-2-14-18-15(23-21-14)11-25-17-20-19-16(13-9-6-10-24-13)22(17)12-7-4-3-5-8-12/h3-10H,2,11H2,1H3. The number of para-hydroxylation sites is 1. The van der Waals surface area contributed by atoms with E-state index in [0.717, 1.165) is 33.8 Å². The van der Waals surface area contributed by atoms with E-state index < -0.39 is 0 Å². The predicted octanol–water partition coefficient (Wildman–Crippen LogP) is 4.23. The van der Waals surface area contributed by atoms with Gasteiger partial charge in [-0.05, 0) is 23.6 Å². The molecular weight excluding hydrogens is 354 g/mol. The molecule has 1 aromatic carbocycles. The number of nitrogens with zero attached hydrogens (tertiary/aromatic N) is 5. The molecule has 0 saturated heterocycles. The maximum absolute atomic E-state index is 5.26. The average molecular weight is 369 g/mol. The summed E-state index contributed by atoms with van der Waals surface area (Å²) in [7, 11) is 0. The van der Waals surface area contributed by atoms with Crippen molar-refractivity contribution in [2.24, 2.45) is 0 Å². The molecule has 0 bridgehead atoms. The molecule has 0 spiro atoms. The number of hydrogen-bond acceptors (Lipinski definition) is 7. The Morgan fingerprint density at radius 2 is 2.00 bits per heavy atom. The van der Waals surface area contributed by atoms with Crippen molar-refractivity contribution in [2.75, 3.05) is 0 Å². The summed E-state index contributed by atoms with van der Waals surface area (Å²) >= 11 is 3.18. The quantitative estimate of drug-likeness (QED) is 0.474. The van der Waals surface area contributed by atoms with E-state index in [1.807, 2.05) is 54.8 Å². The molecule has 0 aliphatic carbocycles. The first-order valence-electron chi connectivity index (χ1n) is 7.84. The van der Waals surface area contributed by atoms with Gasteiger partial charge in [-0.2, -0.15) is 4.98 Å². The summed E-state index contributed by atoms with van der Waals surface area (Å²) in [5.41, 5.74) is 1.03. The van der Waals surface area contributed by atoms with Gasteiger partial charge in [-0.15, -0.1) is 21.5 Å². The Balaban J connectivity index is 1.67. The smallest absolute Gasteiger partial charge is 0.237 e. The average Bonchev–Trinajstić information content (AvgIpc) is 3.39. The van der Waals surface area contributed by atoms with Gasteiger partial charge in [0.25, 0.3) is 0 Å². The fourth-order valence-corrected chi connectivity index (χ4v) is 3.85. The highest BCUT2D eigenvalue weighted by molar-refractivity contribution is 7.98. The van der Waals surface area contributed by atoms with Crippen LogP contribution in [0.2, 0.25) is 0 Å². The lowest BCUT2D eigenvalue weighted by atomic mass is 10.3. The third kappa shape index (κ3) is 3.35. The highest BCUT2D eigenvalue weighted by atomic mass is 32.2. The molecule has 0 aliphatic rings. The molecule has 6 nitrogen and oxygen atoms in total. The number of benzene rings is 1. The first-order chi connectivity index (χ1) is 12.3. The largest absolute Gasteiger partial charge is 0.338 e. The number of aromatic nitrogens is 5. The van der Waals surface area contributed by atoms with Crippen molar-refractivity contribution in [2.45, 2.75) is 24.3 Å². The molecule has 3 aromatic heterocycles. The molecule has 25 heavy (non-hydrogen) atoms. The van der Waals surface area contributed by atoms with Crippen molar-refractivity contribution < 1.29 is 4.52 Å². The third-order valence-electron chi connectivity index (χ3n) is 3.54. The summed E-state index contributed by atoms with van der Waals surface area (Å²) in [6.45, 7) is 2.00. The van der Waals surface area contributed by atoms with Crippen LogP contribution >= 0.6 is 23.1 Å². The minimum Gasteiger partial charge on any atom is -0.338 e. The van der Waals surface area contributed by atoms with Crippen molar-refractivity contribution >= 4 is 23.1 Å². The summed E-state index contributed by atoms with van der Waals surface area (Å²) in [5.74, 6) is 2.72. The van der Waals surface area contributed by atoms with Crippen molar-refractivity contribution in [3.05, 3.63) is 59.6 Å². The van der Waals surface area contributed by atoms with Crippen LogP contribution in [0.4, 0.5) is 0 Å². The molecule has 0 N–H and O–H groups in total. The molecule has 0 atom stereocenters. The minimum absolute atomic E-state index is 0.558. The SMILES string of the molecule is CCc1noc(CSc2nnc(-c3cccs3)n2-c2ccccc2)n1. The second-order valence-electron chi connectivity index (χ2n) is 5.20. The zero-order valence-electron chi connectivity index (χ0n) is 13.5. The van der Waals surface area contributed by atoms with E-state index >= 15 is 0 Å². The maximum atomic E-state index is 5.26. The molecule has 0 amide bonds. The van der Waals surface area contributed by atoms with Crippen molar-refractivity contribution in [1.29, 1.82) is 0 Å². The fraction of sp³-hybridized carbons (Fsp3) is 0.176. The van der Waals surface area contributed by atoms with E-state index in [9.17, 15) is 0 Å². The van der Waals surface area contributed by atoms with Crippen LogP contribution in [-0.4, -0.2) is 24.9 Å². The maximum Gasteiger partial charge on any atom is 0.237 e. The van der Waals surface area contributed by atoms with E-state index in [0.29, 0.717) is 11.6 Å². The normalized spacial score (nSPS) is 11.1. The van der Waals surface area contributed by atoms with E-state index in [-0.39, 0.29) is 0 Å². The Kier molecular flexibility index (Phi) is 4.62. The van der Waals surface area contributed by atoms with Crippen molar-refractivity contribution in [3.63, 3.8) is 0 Å². The highest BCUT2D eigenvalue weighted by Gasteiger charge is 2.17. The minimum atomic E-state index is 0.558. The van der Waals surface area contributed by atoms with E-state index in [1.165, 1.54) is 11.8 Å². The number of hydrogen-bond donors (Lipinski definition) is 0. The van der Waals surface area contributed by atoms with Gasteiger partial charge < -0.3 is 4.52 Å². The lowest BCUT2D eigenvalue weighted by Crippen LogP contribution is -1.98. The van der Waals surface area contributed by atoms with Crippen LogP contribution < -0.4 is 0 Å². The third-order valence-corrected chi connectivity index (χ3v) is 5.32. The summed E-state index contributed by atoms with van der Waals surface area (Å²) in [5, 5.41) is 15.6. The molecule has 3 heterocycles. The molecule has 4 aromatic rings. The van der Waals surface area contributed by atoms with Crippen LogP contribution in [0.15, 0.2) is 57.5 Å². The van der Waals surface area contributed by atoms with Gasteiger partial charge in [0.05, 0.1) is 10.6 Å². The first-order valence-corrected chi connectivity index (χ1v) is 9.70. The van der Waals surface area contributed by atoms with Gasteiger partial charge in [0, 0.05) is 12.1 Å². The summed E-state index contributed by atoms with van der Waals surface area (Å²) in [4.78, 5) is 5.43. The van der Waals surface area contributed by atoms with Crippen molar-refractivity contribution in [1.82, 2.24) is 24.9 Å². The van der Waals surface area contributed by atoms with Gasteiger partial charge >= 0.3 is 0 Å². The fourth-order valence-electron chi connectivity index (χ4n) is 2.36. The van der Waals surface area contributed by atoms with Crippen LogP contribution in [0.1, 0.15) is 18.6 Å². The van der Waals surface area contributed by atoms with Crippen LogP contribution in [0.3, 0.4) is 0 Å². The molecule has 0 aliphatic heterocycles. The monoisotopic (exact) mass is 369 g/mol. The zero-order valence-corrected chi connectivity index (χ0v) is 15.1. The van der Waals surface area contributed by atoms with Crippen molar-refractivity contribution in [3.8, 4) is 16.4 Å². The number of rotatable bonds is 6. The Hall–Kier alpha value is -2.45. The van der Waals surface area contributed by atoms with Gasteiger partial charge in [0.1, 0.15) is 0 Å². The Morgan fingerprint density at radius 1 is 1.12 bits per heavy atom.